The first-order chi connectivity index (χ1) is 16.0. The van der Waals surface area contributed by atoms with Crippen LogP contribution in [0.25, 0.3) is 0 Å². The summed E-state index contributed by atoms with van der Waals surface area (Å²) in [5.41, 5.74) is 0.117. The van der Waals surface area contributed by atoms with Gasteiger partial charge in [-0.3, -0.25) is 24.5 Å². The van der Waals surface area contributed by atoms with Crippen LogP contribution in [-0.2, 0) is 14.3 Å². The Kier molecular flexibility index (Phi) is 9.56. The van der Waals surface area contributed by atoms with E-state index in [0.717, 1.165) is 0 Å². The number of hydrogen-bond donors (Lipinski definition) is 2. The van der Waals surface area contributed by atoms with Gasteiger partial charge in [-0.1, -0.05) is 55.8 Å². The Labute approximate surface area is 203 Å². The number of para-hydroxylation sites is 1. The average molecular weight is 490 g/mol. The van der Waals surface area contributed by atoms with Gasteiger partial charge in [-0.15, -0.1) is 0 Å². The quantitative estimate of drug-likeness (QED) is 0.292. The Bertz CT molecular complexity index is 1060. The highest BCUT2D eigenvalue weighted by Crippen LogP contribution is 2.28. The van der Waals surface area contributed by atoms with E-state index in [0.29, 0.717) is 0 Å². The fourth-order valence-corrected chi connectivity index (χ4v) is 3.55. The van der Waals surface area contributed by atoms with Crippen LogP contribution in [0, 0.1) is 16.0 Å². The fraction of sp³-hybridized carbons (Fsp3) is 0.375. The number of benzene rings is 2. The number of carbonyl (C=O) groups is 3. The third kappa shape index (κ3) is 7.28. The van der Waals surface area contributed by atoms with Crippen molar-refractivity contribution in [3.8, 4) is 0 Å². The predicted molar refractivity (Wildman–Crippen MR) is 127 cm³/mol. The number of nitrogens with zero attached hydrogens (tertiary/aromatic N) is 1. The molecular weight excluding hydrogens is 462 g/mol. The van der Waals surface area contributed by atoms with Crippen molar-refractivity contribution in [3.63, 3.8) is 0 Å². The third-order valence-corrected chi connectivity index (χ3v) is 5.25. The maximum Gasteiger partial charge on any atom is 0.308 e. The van der Waals surface area contributed by atoms with Crippen LogP contribution in [-0.4, -0.2) is 34.9 Å². The number of rotatable bonds is 10. The van der Waals surface area contributed by atoms with Gasteiger partial charge in [0.1, 0.15) is 6.04 Å². The number of esters is 1. The number of carbonyl (C=O) groups excluding carboxylic acids is 3. The molecule has 0 aliphatic carbocycles. The summed E-state index contributed by atoms with van der Waals surface area (Å²) >= 11 is 6.10. The highest BCUT2D eigenvalue weighted by molar-refractivity contribution is 6.33. The number of nitro benzene ring substituents is 1. The molecule has 2 atom stereocenters. The second kappa shape index (κ2) is 12.1. The Morgan fingerprint density at radius 3 is 2.21 bits per heavy atom. The predicted octanol–water partition coefficient (Wildman–Crippen LogP) is 4.20. The van der Waals surface area contributed by atoms with Gasteiger partial charge in [0.05, 0.1) is 39.6 Å². The summed E-state index contributed by atoms with van der Waals surface area (Å²) in [4.78, 5) is 49.3. The second-order valence-electron chi connectivity index (χ2n) is 8.29. The minimum absolute atomic E-state index is 0.154. The molecule has 0 saturated heterocycles. The van der Waals surface area contributed by atoms with E-state index in [-0.39, 0.29) is 34.2 Å². The molecule has 2 N–H and O–H groups in total. The van der Waals surface area contributed by atoms with Crippen LogP contribution >= 0.6 is 11.6 Å². The van der Waals surface area contributed by atoms with Crippen LogP contribution < -0.4 is 10.6 Å². The molecule has 0 aliphatic rings. The summed E-state index contributed by atoms with van der Waals surface area (Å²) in [6.07, 6.45) is -0.717. The summed E-state index contributed by atoms with van der Waals surface area (Å²) < 4.78 is 5.18. The first kappa shape index (κ1) is 26.8. The van der Waals surface area contributed by atoms with Gasteiger partial charge < -0.3 is 15.4 Å². The maximum atomic E-state index is 13.2. The SMILES string of the molecule is CC(C)OC(=O)CC(NC(=O)C(NC(=O)c1ccccc1Cl)C(C)C)c1ccccc1[N+](=O)[O-]. The van der Waals surface area contributed by atoms with Gasteiger partial charge in [0.2, 0.25) is 5.91 Å². The topological polar surface area (TPSA) is 128 Å². The lowest BCUT2D eigenvalue weighted by Gasteiger charge is -2.26. The maximum absolute atomic E-state index is 13.2. The van der Waals surface area contributed by atoms with Gasteiger partial charge in [-0.25, -0.2) is 0 Å². The Morgan fingerprint density at radius 2 is 1.62 bits per heavy atom. The van der Waals surface area contributed by atoms with Gasteiger partial charge in [0, 0.05) is 6.07 Å². The molecule has 0 radical (unpaired) electrons. The summed E-state index contributed by atoms with van der Waals surface area (Å²) in [5.74, 6) is -2.10. The monoisotopic (exact) mass is 489 g/mol. The van der Waals surface area contributed by atoms with Crippen LogP contribution in [0.15, 0.2) is 48.5 Å². The highest BCUT2D eigenvalue weighted by Gasteiger charge is 2.31. The van der Waals surface area contributed by atoms with E-state index < -0.39 is 40.9 Å². The first-order valence-electron chi connectivity index (χ1n) is 10.8. The molecule has 10 heteroatoms. The van der Waals surface area contributed by atoms with Crippen molar-refractivity contribution in [2.45, 2.75) is 52.3 Å². The van der Waals surface area contributed by atoms with Gasteiger partial charge in [0.25, 0.3) is 11.6 Å². The van der Waals surface area contributed by atoms with Crippen molar-refractivity contribution in [3.05, 3.63) is 74.8 Å². The summed E-state index contributed by atoms with van der Waals surface area (Å²) in [7, 11) is 0. The van der Waals surface area contributed by atoms with E-state index in [1.807, 2.05) is 0 Å². The Morgan fingerprint density at radius 1 is 1.00 bits per heavy atom. The number of halogens is 1. The standard InChI is InChI=1S/C24H28ClN3O6/c1-14(2)22(27-23(30)16-9-5-7-11-18(16)25)24(31)26-19(13-21(29)34-15(3)4)17-10-6-8-12-20(17)28(32)33/h5-12,14-15,19,22H,13H2,1-4H3,(H,26,31)(H,27,30). The summed E-state index contributed by atoms with van der Waals surface area (Å²) in [5, 5.41) is 17.2. The van der Waals surface area contributed by atoms with E-state index in [1.165, 1.54) is 24.3 Å². The van der Waals surface area contributed by atoms with Crippen molar-refractivity contribution in [1.29, 1.82) is 0 Å². The zero-order valence-corrected chi connectivity index (χ0v) is 20.2. The minimum atomic E-state index is -1.04. The largest absolute Gasteiger partial charge is 0.463 e. The van der Waals surface area contributed by atoms with E-state index in [9.17, 15) is 24.5 Å². The normalized spacial score (nSPS) is 12.7. The molecule has 0 aromatic heterocycles. The van der Waals surface area contributed by atoms with Gasteiger partial charge >= 0.3 is 5.97 Å². The molecule has 2 aromatic rings. The fourth-order valence-electron chi connectivity index (χ4n) is 3.33. The molecule has 0 aliphatic heterocycles. The first-order valence-corrected chi connectivity index (χ1v) is 11.2. The molecule has 182 valence electrons. The molecule has 2 rings (SSSR count). The molecule has 2 amide bonds. The van der Waals surface area contributed by atoms with E-state index in [2.05, 4.69) is 10.6 Å². The van der Waals surface area contributed by atoms with Crippen molar-refractivity contribution >= 4 is 35.1 Å². The summed E-state index contributed by atoms with van der Waals surface area (Å²) in [6, 6.07) is 10.2. The Balaban J connectivity index is 2.33. The van der Waals surface area contributed by atoms with Gasteiger partial charge in [0.15, 0.2) is 0 Å². The zero-order chi connectivity index (χ0) is 25.4. The molecule has 2 aromatic carbocycles. The van der Waals surface area contributed by atoms with Gasteiger partial charge in [-0.2, -0.15) is 0 Å². The molecule has 2 unspecified atom stereocenters. The van der Waals surface area contributed by atoms with Crippen molar-refractivity contribution < 1.29 is 24.0 Å². The third-order valence-electron chi connectivity index (χ3n) is 4.92. The number of nitro groups is 1. The zero-order valence-electron chi connectivity index (χ0n) is 19.4. The van der Waals surface area contributed by atoms with Crippen LogP contribution in [0.4, 0.5) is 5.69 Å². The number of nitrogens with one attached hydrogen (secondary N) is 2. The van der Waals surface area contributed by atoms with Crippen LogP contribution in [0.5, 0.6) is 0 Å². The lowest BCUT2D eigenvalue weighted by molar-refractivity contribution is -0.385. The lowest BCUT2D eigenvalue weighted by atomic mass is 9.98. The summed E-state index contributed by atoms with van der Waals surface area (Å²) in [6.45, 7) is 6.83. The van der Waals surface area contributed by atoms with Crippen molar-refractivity contribution in [1.82, 2.24) is 10.6 Å². The van der Waals surface area contributed by atoms with E-state index in [4.69, 9.17) is 16.3 Å². The molecular formula is C24H28ClN3O6. The molecule has 0 bridgehead atoms. The van der Waals surface area contributed by atoms with Crippen LogP contribution in [0.2, 0.25) is 5.02 Å². The molecule has 9 nitrogen and oxygen atoms in total. The molecule has 34 heavy (non-hydrogen) atoms. The smallest absolute Gasteiger partial charge is 0.308 e. The van der Waals surface area contributed by atoms with Crippen molar-refractivity contribution in [2.75, 3.05) is 0 Å². The molecule has 0 fully saturated rings. The Hall–Kier alpha value is -3.46. The number of ether oxygens (including phenoxy) is 1. The van der Waals surface area contributed by atoms with E-state index in [1.54, 1.807) is 52.0 Å². The average Bonchev–Trinajstić information content (AvgIpc) is 2.76. The molecule has 0 heterocycles. The van der Waals surface area contributed by atoms with Crippen LogP contribution in [0.1, 0.15) is 56.1 Å². The number of hydrogen-bond acceptors (Lipinski definition) is 6. The number of amides is 2. The van der Waals surface area contributed by atoms with Gasteiger partial charge in [-0.05, 0) is 31.9 Å². The second-order valence-corrected chi connectivity index (χ2v) is 8.70. The molecule has 0 spiro atoms. The molecule has 0 saturated carbocycles. The van der Waals surface area contributed by atoms with E-state index >= 15 is 0 Å². The van der Waals surface area contributed by atoms with Crippen molar-refractivity contribution in [2.24, 2.45) is 5.92 Å². The minimum Gasteiger partial charge on any atom is -0.463 e. The van der Waals surface area contributed by atoms with Crippen LogP contribution in [0.3, 0.4) is 0 Å². The highest BCUT2D eigenvalue weighted by atomic mass is 35.5. The lowest BCUT2D eigenvalue weighted by Crippen LogP contribution is -2.50.